The lowest BCUT2D eigenvalue weighted by molar-refractivity contribution is -0.155. The molecule has 0 radical (unpaired) electrons. The molecule has 1 amide bonds. The lowest BCUT2D eigenvalue weighted by Gasteiger charge is -2.46. The Morgan fingerprint density at radius 2 is 1.79 bits per heavy atom. The van der Waals surface area contributed by atoms with Gasteiger partial charge in [-0.2, -0.15) is 0 Å². The predicted molar refractivity (Wildman–Crippen MR) is 72.7 cm³/mol. The van der Waals surface area contributed by atoms with Gasteiger partial charge in [0.25, 0.3) is 0 Å². The number of likely N-dealkylation sites (tertiary alicyclic amines) is 1. The third-order valence-corrected chi connectivity index (χ3v) is 4.32. The number of hydrogen-bond donors (Lipinski definition) is 1. The Labute approximate surface area is 114 Å². The van der Waals surface area contributed by atoms with Crippen LogP contribution in [0.25, 0.3) is 0 Å². The summed E-state index contributed by atoms with van der Waals surface area (Å²) >= 11 is 0. The minimum atomic E-state index is -0.862. The molecule has 2 fully saturated rings. The zero-order valence-electron chi connectivity index (χ0n) is 11.8. The molecule has 3 unspecified atom stereocenters. The van der Waals surface area contributed by atoms with Crippen molar-refractivity contribution in [3.8, 4) is 0 Å². The Morgan fingerprint density at radius 3 is 2.42 bits per heavy atom. The number of fused-ring (bicyclic) bond motifs is 1. The van der Waals surface area contributed by atoms with Gasteiger partial charge in [-0.05, 0) is 45.4 Å². The highest BCUT2D eigenvalue weighted by Crippen LogP contribution is 2.38. The van der Waals surface area contributed by atoms with Gasteiger partial charge in [0.15, 0.2) is 0 Å². The van der Waals surface area contributed by atoms with Crippen LogP contribution in [-0.2, 0) is 9.59 Å². The molecular formula is C15H23NO3. The number of carboxylic acids is 1. The molecule has 0 bridgehead atoms. The molecule has 106 valence electrons. The van der Waals surface area contributed by atoms with Crippen molar-refractivity contribution in [1.82, 2.24) is 4.90 Å². The minimum absolute atomic E-state index is 0.121. The summed E-state index contributed by atoms with van der Waals surface area (Å²) in [5.74, 6) is -0.484. The van der Waals surface area contributed by atoms with Crippen molar-refractivity contribution in [2.24, 2.45) is 5.92 Å². The normalized spacial score (nSPS) is 30.4. The van der Waals surface area contributed by atoms with Gasteiger partial charge in [0, 0.05) is 12.1 Å². The number of piperidine rings is 1. The van der Waals surface area contributed by atoms with Crippen molar-refractivity contribution >= 4 is 11.9 Å². The second-order valence-electron chi connectivity index (χ2n) is 6.01. The van der Waals surface area contributed by atoms with E-state index in [1.807, 2.05) is 13.8 Å². The first-order valence-corrected chi connectivity index (χ1v) is 7.20. The number of aliphatic carboxylic acids is 1. The molecular weight excluding hydrogens is 242 g/mol. The van der Waals surface area contributed by atoms with E-state index in [2.05, 4.69) is 0 Å². The van der Waals surface area contributed by atoms with Gasteiger partial charge < -0.3 is 10.0 Å². The molecule has 1 aliphatic heterocycles. The van der Waals surface area contributed by atoms with Gasteiger partial charge in [-0.15, -0.1) is 0 Å². The number of allylic oxidation sites excluding steroid dienone is 1. The fourth-order valence-corrected chi connectivity index (χ4v) is 3.51. The van der Waals surface area contributed by atoms with Crippen LogP contribution >= 0.6 is 0 Å². The van der Waals surface area contributed by atoms with Gasteiger partial charge in [0.1, 0.15) is 6.04 Å². The topological polar surface area (TPSA) is 57.6 Å². The first-order valence-electron chi connectivity index (χ1n) is 7.20. The number of rotatable bonds is 2. The molecule has 0 aromatic rings. The first-order chi connectivity index (χ1) is 9.00. The largest absolute Gasteiger partial charge is 0.480 e. The number of nitrogens with zero attached hydrogens (tertiary/aromatic N) is 1. The predicted octanol–water partition coefficient (Wildman–Crippen LogP) is 2.59. The molecule has 3 atom stereocenters. The maximum absolute atomic E-state index is 12.4. The highest BCUT2D eigenvalue weighted by atomic mass is 16.4. The van der Waals surface area contributed by atoms with Gasteiger partial charge in [0.2, 0.25) is 5.91 Å². The van der Waals surface area contributed by atoms with Crippen LogP contribution in [0.4, 0.5) is 0 Å². The number of carboxylic acid groups (broad SMARTS) is 1. The highest BCUT2D eigenvalue weighted by Gasteiger charge is 2.43. The molecule has 1 N–H and O–H groups in total. The third kappa shape index (κ3) is 2.99. The molecule has 1 heterocycles. The average molecular weight is 265 g/mol. The van der Waals surface area contributed by atoms with Crippen LogP contribution < -0.4 is 0 Å². The number of carbonyl (C=O) groups excluding carboxylic acids is 1. The van der Waals surface area contributed by atoms with Crippen LogP contribution in [0.5, 0.6) is 0 Å². The zero-order chi connectivity index (χ0) is 14.0. The van der Waals surface area contributed by atoms with Crippen molar-refractivity contribution in [2.75, 3.05) is 0 Å². The van der Waals surface area contributed by atoms with E-state index in [-0.39, 0.29) is 11.9 Å². The Balaban J connectivity index is 2.26. The molecule has 19 heavy (non-hydrogen) atoms. The molecule has 0 aromatic heterocycles. The van der Waals surface area contributed by atoms with Crippen molar-refractivity contribution in [3.05, 3.63) is 11.6 Å². The van der Waals surface area contributed by atoms with Gasteiger partial charge >= 0.3 is 5.97 Å². The molecule has 2 aliphatic rings. The van der Waals surface area contributed by atoms with Crippen molar-refractivity contribution in [2.45, 2.75) is 64.5 Å². The van der Waals surface area contributed by atoms with E-state index >= 15 is 0 Å². The van der Waals surface area contributed by atoms with Crippen molar-refractivity contribution in [3.63, 3.8) is 0 Å². The fraction of sp³-hybridized carbons (Fsp3) is 0.733. The Hall–Kier alpha value is -1.32. The van der Waals surface area contributed by atoms with Crippen LogP contribution in [0.3, 0.4) is 0 Å². The van der Waals surface area contributed by atoms with E-state index in [9.17, 15) is 14.7 Å². The summed E-state index contributed by atoms with van der Waals surface area (Å²) in [7, 11) is 0. The standard InChI is InChI=1S/C15H23NO3/c1-10(2)9-14(17)16-12-6-4-3-5-11(12)7-8-13(16)15(18)19/h9,11-13H,3-8H2,1-2H3,(H,18,19). The van der Waals surface area contributed by atoms with Crippen LogP contribution in [0.15, 0.2) is 11.6 Å². The zero-order valence-corrected chi connectivity index (χ0v) is 11.8. The molecule has 2 rings (SSSR count). The Bertz CT molecular complexity index is 398. The average Bonchev–Trinajstić information content (AvgIpc) is 2.36. The molecule has 0 aromatic carbocycles. The second-order valence-corrected chi connectivity index (χ2v) is 6.01. The molecule has 4 heteroatoms. The van der Waals surface area contributed by atoms with Gasteiger partial charge in [0.05, 0.1) is 0 Å². The molecule has 1 saturated carbocycles. The summed E-state index contributed by atoms with van der Waals surface area (Å²) < 4.78 is 0. The van der Waals surface area contributed by atoms with Gasteiger partial charge in [-0.25, -0.2) is 4.79 Å². The van der Waals surface area contributed by atoms with E-state index < -0.39 is 12.0 Å². The number of carbonyl (C=O) groups is 2. The first kappa shape index (κ1) is 14.1. The van der Waals surface area contributed by atoms with E-state index in [1.54, 1.807) is 11.0 Å². The summed E-state index contributed by atoms with van der Waals surface area (Å²) in [6.07, 6.45) is 7.52. The number of amides is 1. The second kappa shape index (κ2) is 5.76. The van der Waals surface area contributed by atoms with Crippen molar-refractivity contribution < 1.29 is 14.7 Å². The Kier molecular flexibility index (Phi) is 4.27. The minimum Gasteiger partial charge on any atom is -0.480 e. The summed E-state index contributed by atoms with van der Waals surface area (Å²) in [5, 5.41) is 9.37. The molecule has 1 aliphatic carbocycles. The number of hydrogen-bond acceptors (Lipinski definition) is 2. The summed E-state index contributed by atoms with van der Waals surface area (Å²) in [6, 6.07) is -0.505. The van der Waals surface area contributed by atoms with Crippen LogP contribution in [0.1, 0.15) is 52.4 Å². The Morgan fingerprint density at radius 1 is 1.11 bits per heavy atom. The molecule has 1 saturated heterocycles. The molecule has 0 spiro atoms. The van der Waals surface area contributed by atoms with Crippen LogP contribution in [-0.4, -0.2) is 34.0 Å². The quantitative estimate of drug-likeness (QED) is 0.781. The maximum Gasteiger partial charge on any atom is 0.326 e. The van der Waals surface area contributed by atoms with Gasteiger partial charge in [-0.3, -0.25) is 4.79 Å². The van der Waals surface area contributed by atoms with Crippen LogP contribution in [0, 0.1) is 5.92 Å². The summed E-state index contributed by atoms with van der Waals surface area (Å²) in [5.41, 5.74) is 0.923. The van der Waals surface area contributed by atoms with E-state index in [4.69, 9.17) is 0 Å². The highest BCUT2D eigenvalue weighted by molar-refractivity contribution is 5.92. The van der Waals surface area contributed by atoms with Gasteiger partial charge in [-0.1, -0.05) is 18.4 Å². The summed E-state index contributed by atoms with van der Waals surface area (Å²) in [6.45, 7) is 3.74. The van der Waals surface area contributed by atoms with E-state index in [0.717, 1.165) is 31.3 Å². The lowest BCUT2D eigenvalue weighted by Crippen LogP contribution is -2.57. The van der Waals surface area contributed by atoms with E-state index in [0.29, 0.717) is 12.3 Å². The third-order valence-electron chi connectivity index (χ3n) is 4.32. The fourth-order valence-electron chi connectivity index (χ4n) is 3.51. The molecule has 4 nitrogen and oxygen atoms in total. The smallest absolute Gasteiger partial charge is 0.326 e. The maximum atomic E-state index is 12.4. The van der Waals surface area contributed by atoms with E-state index in [1.165, 1.54) is 6.42 Å². The van der Waals surface area contributed by atoms with Crippen molar-refractivity contribution in [1.29, 1.82) is 0 Å². The summed E-state index contributed by atoms with van der Waals surface area (Å²) in [4.78, 5) is 25.4. The van der Waals surface area contributed by atoms with Crippen LogP contribution in [0.2, 0.25) is 0 Å². The lowest BCUT2D eigenvalue weighted by atomic mass is 9.76. The SMILES string of the molecule is CC(C)=CC(=O)N1C(C(=O)O)CCC2CCCCC21. The monoisotopic (exact) mass is 265 g/mol.